The fourth-order valence-corrected chi connectivity index (χ4v) is 3.57. The minimum atomic E-state index is -3.27. The molecular formula is C9H13ClN2O2S2. The van der Waals surface area contributed by atoms with Crippen molar-refractivity contribution in [3.05, 3.63) is 15.5 Å². The van der Waals surface area contributed by atoms with Crippen LogP contribution in [0.5, 0.6) is 0 Å². The van der Waals surface area contributed by atoms with Gasteiger partial charge in [0.25, 0.3) is 0 Å². The molecule has 0 aromatic carbocycles. The summed E-state index contributed by atoms with van der Waals surface area (Å²) in [6, 6.07) is 0. The van der Waals surface area contributed by atoms with E-state index in [4.69, 9.17) is 11.6 Å². The monoisotopic (exact) mass is 280 g/mol. The van der Waals surface area contributed by atoms with Gasteiger partial charge in [-0.2, -0.15) is 0 Å². The maximum absolute atomic E-state index is 11.9. The van der Waals surface area contributed by atoms with Crippen molar-refractivity contribution in [2.24, 2.45) is 5.92 Å². The number of hydrogen-bond acceptors (Lipinski definition) is 4. The maximum Gasteiger partial charge on any atom is 0.219 e. The lowest BCUT2D eigenvalue weighted by molar-refractivity contribution is 0.452. The molecule has 4 nitrogen and oxygen atoms in total. The van der Waals surface area contributed by atoms with Crippen molar-refractivity contribution in [3.8, 4) is 0 Å². The molecule has 90 valence electrons. The second kappa shape index (κ2) is 4.60. The highest BCUT2D eigenvalue weighted by Gasteiger charge is 2.28. The van der Waals surface area contributed by atoms with Crippen LogP contribution < -0.4 is 0 Å². The molecule has 1 aromatic heterocycles. The van der Waals surface area contributed by atoms with Crippen molar-refractivity contribution in [1.29, 1.82) is 0 Å². The number of thiazole rings is 1. The summed E-state index contributed by atoms with van der Waals surface area (Å²) in [7, 11) is -1.65. The smallest absolute Gasteiger partial charge is 0.219 e. The minimum Gasteiger partial charge on any atom is -0.247 e. The number of nitrogens with zero attached hydrogens (tertiary/aromatic N) is 2. The Morgan fingerprint density at radius 1 is 1.62 bits per heavy atom. The Kier molecular flexibility index (Phi) is 3.53. The zero-order chi connectivity index (χ0) is 11.8. The largest absolute Gasteiger partial charge is 0.247 e. The summed E-state index contributed by atoms with van der Waals surface area (Å²) < 4.78 is 25.8. The molecule has 0 unspecified atom stereocenters. The van der Waals surface area contributed by atoms with E-state index in [-0.39, 0.29) is 5.75 Å². The fourth-order valence-electron chi connectivity index (χ4n) is 1.41. The molecule has 0 amide bonds. The molecule has 0 radical (unpaired) electrons. The van der Waals surface area contributed by atoms with Crippen LogP contribution in [0.3, 0.4) is 0 Å². The minimum absolute atomic E-state index is 0.0987. The third-order valence-electron chi connectivity index (χ3n) is 2.60. The molecule has 7 heteroatoms. The third kappa shape index (κ3) is 2.94. The lowest BCUT2D eigenvalue weighted by Gasteiger charge is -2.15. The van der Waals surface area contributed by atoms with Crippen molar-refractivity contribution >= 4 is 33.0 Å². The molecule has 0 atom stereocenters. The van der Waals surface area contributed by atoms with Crippen molar-refractivity contribution in [2.45, 2.75) is 18.6 Å². The average Bonchev–Trinajstić information content (AvgIpc) is 2.92. The highest BCUT2D eigenvalue weighted by atomic mass is 35.5. The third-order valence-corrected chi connectivity index (χ3v) is 5.47. The number of aromatic nitrogens is 1. The van der Waals surface area contributed by atoms with Gasteiger partial charge in [0.2, 0.25) is 10.0 Å². The first-order valence-electron chi connectivity index (χ1n) is 5.01. The summed E-state index contributed by atoms with van der Waals surface area (Å²) in [5, 5.41) is 0. The van der Waals surface area contributed by atoms with Crippen LogP contribution in [0.2, 0.25) is 4.34 Å². The van der Waals surface area contributed by atoms with Crippen LogP contribution in [0.1, 0.15) is 18.5 Å². The highest BCUT2D eigenvalue weighted by Crippen LogP contribution is 2.30. The first-order chi connectivity index (χ1) is 7.49. The second-order valence-electron chi connectivity index (χ2n) is 4.05. The molecule has 0 N–H and O–H groups in total. The highest BCUT2D eigenvalue weighted by molar-refractivity contribution is 7.88. The van der Waals surface area contributed by atoms with Gasteiger partial charge < -0.3 is 0 Å². The normalized spacial score (nSPS) is 16.9. The lowest BCUT2D eigenvalue weighted by atomic mass is 10.4. The van der Waals surface area contributed by atoms with Crippen molar-refractivity contribution in [1.82, 2.24) is 9.29 Å². The summed E-state index contributed by atoms with van der Waals surface area (Å²) in [5.74, 6) is 0.448. The van der Waals surface area contributed by atoms with Crippen LogP contribution in [0, 0.1) is 5.92 Å². The molecule has 16 heavy (non-hydrogen) atoms. The van der Waals surface area contributed by atoms with Crippen molar-refractivity contribution in [3.63, 3.8) is 0 Å². The molecule has 0 bridgehead atoms. The zero-order valence-corrected chi connectivity index (χ0v) is 11.3. The van der Waals surface area contributed by atoms with E-state index in [0.29, 0.717) is 22.5 Å². The number of hydrogen-bond donors (Lipinski definition) is 0. The molecule has 1 heterocycles. The first-order valence-corrected chi connectivity index (χ1v) is 7.87. The lowest BCUT2D eigenvalue weighted by Crippen LogP contribution is -2.30. The summed E-state index contributed by atoms with van der Waals surface area (Å²) in [4.78, 5) is 3.96. The number of halogens is 1. The van der Waals surface area contributed by atoms with Crippen LogP contribution in [-0.4, -0.2) is 31.3 Å². The van der Waals surface area contributed by atoms with Gasteiger partial charge in [0.15, 0.2) is 0 Å². The second-order valence-corrected chi connectivity index (χ2v) is 7.59. The van der Waals surface area contributed by atoms with E-state index in [2.05, 4.69) is 4.98 Å². The van der Waals surface area contributed by atoms with E-state index in [1.165, 1.54) is 15.6 Å². The molecule has 1 aliphatic rings. The molecule has 0 saturated heterocycles. The number of sulfonamides is 1. The van der Waals surface area contributed by atoms with Gasteiger partial charge in [0.1, 0.15) is 10.1 Å². The molecule has 0 aliphatic heterocycles. The molecule has 1 aromatic rings. The molecule has 0 spiro atoms. The summed E-state index contributed by atoms with van der Waals surface area (Å²) in [6.45, 7) is 0.615. The van der Waals surface area contributed by atoms with Gasteiger partial charge in [-0.3, -0.25) is 0 Å². The molecule has 1 saturated carbocycles. The van der Waals surface area contributed by atoms with Crippen molar-refractivity contribution < 1.29 is 8.42 Å². The Morgan fingerprint density at radius 2 is 2.31 bits per heavy atom. The van der Waals surface area contributed by atoms with E-state index in [9.17, 15) is 8.42 Å². The predicted octanol–water partition coefficient (Wildman–Crippen LogP) is 1.97. The Labute approximate surface area is 104 Å². The fraction of sp³-hybridized carbons (Fsp3) is 0.667. The van der Waals surface area contributed by atoms with Gasteiger partial charge >= 0.3 is 0 Å². The quantitative estimate of drug-likeness (QED) is 0.829. The molecular weight excluding hydrogens is 268 g/mol. The molecule has 2 rings (SSSR count). The van der Waals surface area contributed by atoms with Gasteiger partial charge in [-0.25, -0.2) is 17.7 Å². The van der Waals surface area contributed by atoms with E-state index >= 15 is 0 Å². The van der Waals surface area contributed by atoms with Gasteiger partial charge in [-0.1, -0.05) is 11.6 Å². The summed E-state index contributed by atoms with van der Waals surface area (Å²) in [6.07, 6.45) is 2.27. The number of rotatable bonds is 5. The van der Waals surface area contributed by atoms with Gasteiger partial charge in [0.05, 0.1) is 11.2 Å². The molecule has 1 fully saturated rings. The summed E-state index contributed by atoms with van der Waals surface area (Å²) >= 11 is 7.10. The Hall–Kier alpha value is -0.170. The van der Waals surface area contributed by atoms with Crippen LogP contribution in [0.25, 0.3) is 0 Å². The van der Waals surface area contributed by atoms with E-state index in [0.717, 1.165) is 12.8 Å². The van der Waals surface area contributed by atoms with Gasteiger partial charge in [-0.05, 0) is 18.8 Å². The Bertz CT molecular complexity index is 468. The average molecular weight is 281 g/mol. The van der Waals surface area contributed by atoms with Crippen LogP contribution in [0.4, 0.5) is 0 Å². The topological polar surface area (TPSA) is 50.3 Å². The SMILES string of the molecule is CN(CC1CC1)S(=O)(=O)Cc1ncsc1Cl. The van der Waals surface area contributed by atoms with Gasteiger partial charge in [-0.15, -0.1) is 11.3 Å². The van der Waals surface area contributed by atoms with Crippen LogP contribution >= 0.6 is 22.9 Å². The van der Waals surface area contributed by atoms with E-state index in [1.807, 2.05) is 0 Å². The molecule has 1 aliphatic carbocycles. The maximum atomic E-state index is 11.9. The van der Waals surface area contributed by atoms with Crippen molar-refractivity contribution in [2.75, 3.05) is 13.6 Å². The zero-order valence-electron chi connectivity index (χ0n) is 8.89. The Morgan fingerprint density at radius 3 is 2.81 bits per heavy atom. The van der Waals surface area contributed by atoms with Gasteiger partial charge in [0, 0.05) is 13.6 Å². The standard InChI is InChI=1S/C9H13ClN2O2S2/c1-12(4-7-2-3-7)16(13,14)5-8-9(10)15-6-11-8/h6-7H,2-5H2,1H3. The summed E-state index contributed by atoms with van der Waals surface area (Å²) in [5.41, 5.74) is 2.02. The first kappa shape index (κ1) is 12.3. The Balaban J connectivity index is 2.04. The predicted molar refractivity (Wildman–Crippen MR) is 65.1 cm³/mol. The van der Waals surface area contributed by atoms with E-state index in [1.54, 1.807) is 12.6 Å². The van der Waals surface area contributed by atoms with Crippen LogP contribution in [0.15, 0.2) is 5.51 Å². The van der Waals surface area contributed by atoms with E-state index < -0.39 is 10.0 Å². The van der Waals surface area contributed by atoms with Crippen LogP contribution in [-0.2, 0) is 15.8 Å².